The maximum atomic E-state index is 4.61. The fourth-order valence-electron chi connectivity index (χ4n) is 5.14. The highest BCUT2D eigenvalue weighted by Gasteiger charge is 2.40. The van der Waals surface area contributed by atoms with E-state index in [1.165, 1.54) is 50.1 Å². The lowest BCUT2D eigenvalue weighted by Crippen LogP contribution is -2.21. The van der Waals surface area contributed by atoms with Gasteiger partial charge in [-0.25, -0.2) is 0 Å². The Morgan fingerprint density at radius 2 is 1.90 bits per heavy atom. The molecule has 4 rings (SSSR count). The van der Waals surface area contributed by atoms with E-state index in [0.29, 0.717) is 11.8 Å². The smallest absolute Gasteiger partial charge is 0.0201 e. The number of hydrogen-bond donors (Lipinski definition) is 0. The second-order valence-electron chi connectivity index (χ2n) is 8.57. The molecule has 0 spiro atoms. The Labute approximate surface area is 176 Å². The molecular formula is C29H32. The largest absolute Gasteiger partial charge is 0.0955 e. The van der Waals surface area contributed by atoms with Gasteiger partial charge in [-0.05, 0) is 71.6 Å². The maximum Gasteiger partial charge on any atom is 0.0201 e. The van der Waals surface area contributed by atoms with E-state index >= 15 is 0 Å². The van der Waals surface area contributed by atoms with Gasteiger partial charge in [-0.15, -0.1) is 0 Å². The van der Waals surface area contributed by atoms with Crippen molar-refractivity contribution < 1.29 is 0 Å². The molecule has 3 aliphatic rings. The Bertz CT molecular complexity index is 999. The maximum absolute atomic E-state index is 4.61. The fourth-order valence-corrected chi connectivity index (χ4v) is 5.14. The average molecular weight is 381 g/mol. The lowest BCUT2D eigenvalue weighted by Gasteiger charge is -2.34. The first kappa shape index (κ1) is 19.7. The number of fused-ring (bicyclic) bond motifs is 1. The monoisotopic (exact) mass is 380 g/mol. The minimum Gasteiger partial charge on any atom is -0.0955 e. The summed E-state index contributed by atoms with van der Waals surface area (Å²) in [5.74, 6) is 0.674. The number of allylic oxidation sites excluding steroid dienone is 12. The average Bonchev–Trinajstić information content (AvgIpc) is 3.35. The summed E-state index contributed by atoms with van der Waals surface area (Å²) >= 11 is 0. The molecule has 1 aromatic rings. The van der Waals surface area contributed by atoms with E-state index in [-0.39, 0.29) is 0 Å². The third-order valence-corrected chi connectivity index (χ3v) is 6.77. The van der Waals surface area contributed by atoms with E-state index < -0.39 is 0 Å². The summed E-state index contributed by atoms with van der Waals surface area (Å²) in [5.41, 5.74) is 12.5. The van der Waals surface area contributed by atoms with Gasteiger partial charge in [0.05, 0.1) is 0 Å². The first-order valence-electron chi connectivity index (χ1n) is 11.0. The highest BCUT2D eigenvalue weighted by molar-refractivity contribution is 5.61. The molecule has 1 saturated carbocycles. The van der Waals surface area contributed by atoms with Crippen molar-refractivity contribution in [1.29, 1.82) is 0 Å². The quantitative estimate of drug-likeness (QED) is 0.486. The molecule has 0 aromatic heterocycles. The van der Waals surface area contributed by atoms with E-state index in [4.69, 9.17) is 0 Å². The van der Waals surface area contributed by atoms with Gasteiger partial charge in [0.15, 0.2) is 0 Å². The van der Waals surface area contributed by atoms with Crippen molar-refractivity contribution in [1.82, 2.24) is 0 Å². The van der Waals surface area contributed by atoms with Crippen LogP contribution in [0.3, 0.4) is 0 Å². The molecular weight excluding hydrogens is 348 g/mol. The second-order valence-corrected chi connectivity index (χ2v) is 8.57. The Morgan fingerprint density at radius 1 is 1.14 bits per heavy atom. The second kappa shape index (κ2) is 8.03. The van der Waals surface area contributed by atoms with Crippen LogP contribution < -0.4 is 0 Å². The highest BCUT2D eigenvalue weighted by atomic mass is 14.4. The first-order valence-corrected chi connectivity index (χ1v) is 11.0. The van der Waals surface area contributed by atoms with Crippen LogP contribution in [-0.4, -0.2) is 0 Å². The van der Waals surface area contributed by atoms with Crippen LogP contribution in [-0.2, 0) is 6.42 Å². The summed E-state index contributed by atoms with van der Waals surface area (Å²) in [6, 6.07) is 9.25. The van der Waals surface area contributed by atoms with E-state index in [1.54, 1.807) is 0 Å². The molecule has 0 bridgehead atoms. The zero-order chi connectivity index (χ0) is 20.5. The van der Waals surface area contributed by atoms with Gasteiger partial charge >= 0.3 is 0 Å². The number of rotatable bonds is 5. The van der Waals surface area contributed by atoms with Crippen molar-refractivity contribution in [3.8, 4) is 0 Å². The van der Waals surface area contributed by atoms with Gasteiger partial charge in [-0.1, -0.05) is 92.8 Å². The summed E-state index contributed by atoms with van der Waals surface area (Å²) < 4.78 is 0. The van der Waals surface area contributed by atoms with E-state index in [2.05, 4.69) is 88.6 Å². The van der Waals surface area contributed by atoms with Crippen LogP contribution in [0, 0.1) is 5.92 Å². The molecule has 0 N–H and O–H groups in total. The molecule has 148 valence electrons. The van der Waals surface area contributed by atoms with Gasteiger partial charge in [0.1, 0.15) is 0 Å². The van der Waals surface area contributed by atoms with Gasteiger partial charge in [0.25, 0.3) is 0 Å². The zero-order valence-electron chi connectivity index (χ0n) is 18.1. The third kappa shape index (κ3) is 3.57. The van der Waals surface area contributed by atoms with Crippen LogP contribution in [0.2, 0.25) is 0 Å². The van der Waals surface area contributed by atoms with Crippen molar-refractivity contribution in [3.05, 3.63) is 118 Å². The topological polar surface area (TPSA) is 0 Å². The predicted molar refractivity (Wildman–Crippen MR) is 126 cm³/mol. The number of benzene rings is 1. The van der Waals surface area contributed by atoms with Crippen molar-refractivity contribution in [2.45, 2.75) is 52.4 Å². The van der Waals surface area contributed by atoms with Crippen LogP contribution >= 0.6 is 0 Å². The molecule has 0 heterocycles. The molecule has 1 aromatic carbocycles. The van der Waals surface area contributed by atoms with Crippen molar-refractivity contribution in [3.63, 3.8) is 0 Å². The van der Waals surface area contributed by atoms with Crippen LogP contribution in [0.5, 0.6) is 0 Å². The highest BCUT2D eigenvalue weighted by Crippen LogP contribution is 2.54. The Hall–Kier alpha value is -2.60. The molecule has 0 radical (unpaired) electrons. The minimum atomic E-state index is 0.322. The summed E-state index contributed by atoms with van der Waals surface area (Å²) in [7, 11) is 0. The van der Waals surface area contributed by atoms with Crippen LogP contribution in [0.15, 0.2) is 107 Å². The third-order valence-electron chi connectivity index (χ3n) is 6.77. The lowest BCUT2D eigenvalue weighted by molar-refractivity contribution is 0.622. The number of hydrogen-bond acceptors (Lipinski definition) is 0. The summed E-state index contributed by atoms with van der Waals surface area (Å²) in [4.78, 5) is 0. The van der Waals surface area contributed by atoms with E-state index in [1.807, 2.05) is 0 Å². The minimum absolute atomic E-state index is 0.322. The molecule has 0 amide bonds. The molecule has 0 heteroatoms. The van der Waals surface area contributed by atoms with Crippen molar-refractivity contribution in [2.24, 2.45) is 5.92 Å². The molecule has 29 heavy (non-hydrogen) atoms. The fraction of sp³-hybridized carbons (Fsp3) is 0.310. The van der Waals surface area contributed by atoms with Crippen molar-refractivity contribution in [2.75, 3.05) is 0 Å². The molecule has 0 saturated heterocycles. The summed E-state index contributed by atoms with van der Waals surface area (Å²) in [5, 5.41) is 0. The Morgan fingerprint density at radius 3 is 2.52 bits per heavy atom. The number of aryl methyl sites for hydroxylation is 1. The van der Waals surface area contributed by atoms with E-state index in [9.17, 15) is 0 Å². The normalized spacial score (nSPS) is 24.8. The SMILES string of the molecule is C=C(CC)C1=C(C)C=C2CC(=CC3=CC=CC3)C(=C)C2C1c1ccc(CC)cc1. The van der Waals surface area contributed by atoms with Gasteiger partial charge in [0.2, 0.25) is 0 Å². The Kier molecular flexibility index (Phi) is 5.46. The van der Waals surface area contributed by atoms with E-state index in [0.717, 1.165) is 25.7 Å². The summed E-state index contributed by atoms with van der Waals surface area (Å²) in [6.07, 6.45) is 15.5. The molecule has 0 nitrogen and oxygen atoms in total. The molecule has 1 fully saturated rings. The Balaban J connectivity index is 1.79. The van der Waals surface area contributed by atoms with Crippen LogP contribution in [0.1, 0.15) is 57.1 Å². The van der Waals surface area contributed by atoms with Gasteiger partial charge < -0.3 is 0 Å². The molecule has 3 aliphatic carbocycles. The zero-order valence-corrected chi connectivity index (χ0v) is 18.1. The van der Waals surface area contributed by atoms with Gasteiger partial charge in [-0.2, -0.15) is 0 Å². The van der Waals surface area contributed by atoms with Crippen LogP contribution in [0.4, 0.5) is 0 Å². The predicted octanol–water partition coefficient (Wildman–Crippen LogP) is 7.94. The van der Waals surface area contributed by atoms with Gasteiger partial charge in [0, 0.05) is 11.8 Å². The lowest BCUT2D eigenvalue weighted by atomic mass is 9.69. The van der Waals surface area contributed by atoms with Crippen LogP contribution in [0.25, 0.3) is 0 Å². The first-order chi connectivity index (χ1) is 14.0. The van der Waals surface area contributed by atoms with Crippen molar-refractivity contribution >= 4 is 0 Å². The molecule has 2 atom stereocenters. The molecule has 0 aliphatic heterocycles. The summed E-state index contributed by atoms with van der Waals surface area (Å²) in [6.45, 7) is 15.8. The molecule has 2 unspecified atom stereocenters. The standard InChI is InChI=1S/C29H32/c1-6-19(3)27-20(4)16-26-18-25(17-23-10-8-9-11-23)21(5)28(26)29(27)24-14-12-22(7-2)13-15-24/h8-10,12-17,28-29H,3,5-7,11,18H2,1-2,4H3. The van der Waals surface area contributed by atoms with Gasteiger partial charge in [-0.3, -0.25) is 0 Å².